The van der Waals surface area contributed by atoms with Gasteiger partial charge in [0, 0.05) is 21.7 Å². The average Bonchev–Trinajstić information content (AvgIpc) is 3.26. The van der Waals surface area contributed by atoms with E-state index < -0.39 is 12.7 Å². The molecule has 0 bridgehead atoms. The minimum Gasteiger partial charge on any atom is -0.506 e. The van der Waals surface area contributed by atoms with Crippen LogP contribution in [0.25, 0.3) is 10.9 Å². The van der Waals surface area contributed by atoms with Crippen molar-refractivity contribution in [2.75, 3.05) is 23.4 Å². The molecule has 0 saturated heterocycles. The topological polar surface area (TPSA) is 49.2 Å². The Labute approximate surface area is 235 Å². The van der Waals surface area contributed by atoms with Crippen LogP contribution in [0.1, 0.15) is 65.5 Å². The fraction of sp³-hybridized carbons (Fsp3) is 0.419. The first-order valence-corrected chi connectivity index (χ1v) is 14.7. The second-order valence-corrected chi connectivity index (χ2v) is 9.69. The van der Waals surface area contributed by atoms with Crippen LogP contribution >= 0.6 is 11.8 Å². The lowest BCUT2D eigenvalue weighted by atomic mass is 10.0. The van der Waals surface area contributed by atoms with Crippen LogP contribution in [0.3, 0.4) is 0 Å². The summed E-state index contributed by atoms with van der Waals surface area (Å²) in [5.74, 6) is 5.89. The highest BCUT2D eigenvalue weighted by atomic mass is 32.2. The van der Waals surface area contributed by atoms with E-state index in [0.717, 1.165) is 42.0 Å². The Balaban J connectivity index is 0.000000998. The highest BCUT2D eigenvalue weighted by Gasteiger charge is 2.30. The van der Waals surface area contributed by atoms with Crippen molar-refractivity contribution in [3.8, 4) is 17.6 Å². The van der Waals surface area contributed by atoms with Crippen LogP contribution in [0.4, 0.5) is 24.5 Å². The van der Waals surface area contributed by atoms with Crippen LogP contribution in [0.15, 0.2) is 59.1 Å². The number of phenols is 1. The lowest BCUT2D eigenvalue weighted by Crippen LogP contribution is -2.18. The maximum atomic E-state index is 13.4. The van der Waals surface area contributed by atoms with Gasteiger partial charge in [-0.25, -0.2) is 0 Å². The Bertz CT molecular complexity index is 1290. The van der Waals surface area contributed by atoms with Gasteiger partial charge in [0.15, 0.2) is 0 Å². The number of phenolic OH excluding ortho intramolecular Hbond substituents is 1. The van der Waals surface area contributed by atoms with Gasteiger partial charge in [-0.1, -0.05) is 52.2 Å². The normalized spacial score (nSPS) is 12.7. The molecule has 1 aliphatic carbocycles. The van der Waals surface area contributed by atoms with E-state index in [1.54, 1.807) is 30.3 Å². The molecule has 0 radical (unpaired) electrons. The monoisotopic (exact) mass is 559 g/mol. The maximum Gasteiger partial charge on any atom is 0.406 e. The van der Waals surface area contributed by atoms with Crippen molar-refractivity contribution in [3.63, 3.8) is 0 Å². The molecule has 2 aromatic carbocycles. The molecule has 0 amide bonds. The maximum absolute atomic E-state index is 13.4. The van der Waals surface area contributed by atoms with E-state index in [4.69, 9.17) is 0 Å². The number of hydrogen-bond acceptors (Lipinski definition) is 4. The molecule has 0 fully saturated rings. The number of aromatic nitrogens is 1. The molecule has 4 rings (SSSR count). The molecule has 39 heavy (non-hydrogen) atoms. The Morgan fingerprint density at radius 2 is 1.79 bits per heavy atom. The van der Waals surface area contributed by atoms with Crippen LogP contribution in [-0.2, 0) is 6.54 Å². The second kappa shape index (κ2) is 16.0. The van der Waals surface area contributed by atoms with E-state index in [2.05, 4.69) is 42.4 Å². The third kappa shape index (κ3) is 9.81. The van der Waals surface area contributed by atoms with Gasteiger partial charge in [0.2, 0.25) is 0 Å². The molecule has 0 unspecified atom stereocenters. The molecule has 0 saturated carbocycles. The Kier molecular flexibility index (Phi) is 13.2. The lowest BCUT2D eigenvalue weighted by molar-refractivity contribution is -0.140. The molecule has 0 atom stereocenters. The third-order valence-corrected chi connectivity index (χ3v) is 6.38. The molecule has 3 N–H and O–H groups in total. The van der Waals surface area contributed by atoms with Gasteiger partial charge < -0.3 is 20.3 Å². The molecule has 0 spiro atoms. The average molecular weight is 560 g/mol. The van der Waals surface area contributed by atoms with Crippen molar-refractivity contribution in [2.45, 2.75) is 77.4 Å². The van der Waals surface area contributed by atoms with Crippen LogP contribution in [-0.4, -0.2) is 28.7 Å². The number of nitrogens with one attached hydrogen (secondary N) is 2. The van der Waals surface area contributed by atoms with Crippen molar-refractivity contribution in [1.82, 2.24) is 4.57 Å². The predicted octanol–water partition coefficient (Wildman–Crippen LogP) is 9.41. The lowest BCUT2D eigenvalue weighted by Gasteiger charge is -2.16. The second-order valence-electron chi connectivity index (χ2n) is 8.81. The number of halogens is 3. The number of anilines is 2. The Morgan fingerprint density at radius 1 is 1.05 bits per heavy atom. The largest absolute Gasteiger partial charge is 0.506 e. The number of nitrogens with zero attached hydrogens (tertiary/aromatic N) is 1. The molecule has 3 aromatic rings. The molecular formula is C31H40F3N3OS. The van der Waals surface area contributed by atoms with Crippen LogP contribution in [0, 0.1) is 11.8 Å². The van der Waals surface area contributed by atoms with Crippen LogP contribution < -0.4 is 10.6 Å². The summed E-state index contributed by atoms with van der Waals surface area (Å²) in [5, 5.41) is 17.2. The highest BCUT2D eigenvalue weighted by molar-refractivity contribution is 7.98. The van der Waals surface area contributed by atoms with E-state index in [-0.39, 0.29) is 12.3 Å². The molecule has 1 heterocycles. The van der Waals surface area contributed by atoms with Crippen molar-refractivity contribution in [1.29, 1.82) is 0 Å². The van der Waals surface area contributed by atoms with Crippen molar-refractivity contribution in [3.05, 3.63) is 59.9 Å². The van der Waals surface area contributed by atoms with Gasteiger partial charge in [-0.05, 0) is 74.3 Å². The van der Waals surface area contributed by atoms with Crippen LogP contribution in [0.2, 0.25) is 0 Å². The quantitative estimate of drug-likeness (QED) is 0.160. The molecule has 212 valence electrons. The minimum absolute atomic E-state index is 0.104. The zero-order valence-corrected chi connectivity index (χ0v) is 24.3. The van der Waals surface area contributed by atoms with Crippen LogP contribution in [0.5, 0.6) is 5.75 Å². The number of alkyl halides is 3. The zero-order chi connectivity index (χ0) is 28.8. The van der Waals surface area contributed by atoms with Gasteiger partial charge >= 0.3 is 6.18 Å². The summed E-state index contributed by atoms with van der Waals surface area (Å²) in [6.45, 7) is 7.31. The summed E-state index contributed by atoms with van der Waals surface area (Å²) in [6.07, 6.45) is 5.15. The van der Waals surface area contributed by atoms with Gasteiger partial charge in [0.05, 0.1) is 23.4 Å². The summed E-state index contributed by atoms with van der Waals surface area (Å²) in [7, 11) is 0. The summed E-state index contributed by atoms with van der Waals surface area (Å²) >= 11 is 1.52. The molecule has 0 aliphatic heterocycles. The van der Waals surface area contributed by atoms with Gasteiger partial charge in [0.25, 0.3) is 0 Å². The van der Waals surface area contributed by atoms with Gasteiger partial charge in [-0.2, -0.15) is 13.2 Å². The van der Waals surface area contributed by atoms with E-state index in [0.29, 0.717) is 22.3 Å². The number of aromatic hydroxyl groups is 1. The van der Waals surface area contributed by atoms with Crippen molar-refractivity contribution < 1.29 is 18.3 Å². The molecule has 8 heteroatoms. The number of fused-ring (bicyclic) bond motifs is 1. The van der Waals surface area contributed by atoms with Gasteiger partial charge in [-0.15, -0.1) is 11.8 Å². The zero-order valence-electron chi connectivity index (χ0n) is 23.5. The van der Waals surface area contributed by atoms with E-state index in [1.807, 2.05) is 32.2 Å². The first kappa shape index (κ1) is 32.0. The van der Waals surface area contributed by atoms with Crippen molar-refractivity contribution in [2.24, 2.45) is 0 Å². The fourth-order valence-corrected chi connectivity index (χ4v) is 4.47. The summed E-state index contributed by atoms with van der Waals surface area (Å²) in [5.41, 5.74) is 3.19. The smallest absolute Gasteiger partial charge is 0.406 e. The van der Waals surface area contributed by atoms with E-state index in [9.17, 15) is 18.3 Å². The standard InChI is InChI=1S/C26H26F3N3OS.C3H8.C2H6/c1-34-20-12-13-23(25(33)16-20)30-14-6-9-19-15-21-22(31-18-7-3-2-4-8-18)10-5-11-24(21)32(19)17-26(27,28)29;1-3-2;1-2/h5,7,10-13,15-16,30-31,33H,2-4,8,14,17H2,1H3;3H2,1-2H3;1-2H3. The van der Waals surface area contributed by atoms with Gasteiger partial charge in [0.1, 0.15) is 12.3 Å². The summed E-state index contributed by atoms with van der Waals surface area (Å²) < 4.78 is 41.4. The SMILES string of the molecule is CC.CCC.CSc1ccc(NCC#Cc2cc3c(NC4=CCCCC4)cccc3n2CC(F)(F)F)c(O)c1. The first-order valence-electron chi connectivity index (χ1n) is 13.5. The number of thioether (sulfide) groups is 1. The minimum atomic E-state index is -4.37. The molecule has 4 nitrogen and oxygen atoms in total. The highest BCUT2D eigenvalue weighted by Crippen LogP contribution is 2.32. The Morgan fingerprint density at radius 3 is 2.41 bits per heavy atom. The molecule has 1 aromatic heterocycles. The predicted molar refractivity (Wildman–Crippen MR) is 161 cm³/mol. The number of rotatable bonds is 6. The fourth-order valence-electron chi connectivity index (χ4n) is 4.03. The third-order valence-electron chi connectivity index (χ3n) is 5.66. The van der Waals surface area contributed by atoms with E-state index >= 15 is 0 Å². The summed E-state index contributed by atoms with van der Waals surface area (Å²) in [6, 6.07) is 12.3. The number of benzene rings is 2. The Hall–Kier alpha value is -3.18. The van der Waals surface area contributed by atoms with Crippen molar-refractivity contribution >= 4 is 34.0 Å². The number of allylic oxidation sites excluding steroid dienone is 2. The van der Waals surface area contributed by atoms with E-state index in [1.165, 1.54) is 22.7 Å². The van der Waals surface area contributed by atoms with Gasteiger partial charge in [-0.3, -0.25) is 0 Å². The first-order chi connectivity index (χ1) is 18.8. The molecule has 1 aliphatic rings. The summed E-state index contributed by atoms with van der Waals surface area (Å²) in [4.78, 5) is 0.930. The number of hydrogen-bond donors (Lipinski definition) is 3. The molecular weight excluding hydrogens is 519 g/mol.